The van der Waals surface area contributed by atoms with E-state index in [4.69, 9.17) is 5.26 Å². The third-order valence-electron chi connectivity index (χ3n) is 2.88. The number of benzene rings is 1. The monoisotopic (exact) mass is 276 g/mol. The number of para-hydroxylation sites is 1. The van der Waals surface area contributed by atoms with E-state index >= 15 is 0 Å². The Morgan fingerprint density at radius 3 is 2.75 bits per heavy atom. The van der Waals surface area contributed by atoms with Crippen LogP contribution >= 0.6 is 0 Å². The van der Waals surface area contributed by atoms with Crippen molar-refractivity contribution in [3.8, 4) is 6.07 Å². The van der Waals surface area contributed by atoms with Gasteiger partial charge in [0.05, 0.1) is 23.0 Å². The molecule has 0 atom stereocenters. The molecule has 0 bridgehead atoms. The average Bonchev–Trinajstić information content (AvgIpc) is 2.46. The first-order chi connectivity index (χ1) is 9.56. The van der Waals surface area contributed by atoms with Gasteiger partial charge in [-0.3, -0.25) is 14.9 Å². The van der Waals surface area contributed by atoms with Crippen molar-refractivity contribution in [1.82, 2.24) is 4.90 Å². The highest BCUT2D eigenvalue weighted by Gasteiger charge is 2.23. The van der Waals surface area contributed by atoms with Crippen LogP contribution in [0.3, 0.4) is 0 Å². The number of hydrogen-bond donors (Lipinski definition) is 1. The second kappa shape index (κ2) is 7.09. The van der Waals surface area contributed by atoms with Crippen LogP contribution in [0.4, 0.5) is 11.4 Å². The highest BCUT2D eigenvalue weighted by atomic mass is 16.6. The van der Waals surface area contributed by atoms with E-state index in [1.807, 2.05) is 6.07 Å². The Labute approximate surface area is 117 Å². The van der Waals surface area contributed by atoms with Crippen LogP contribution in [0.15, 0.2) is 18.2 Å². The summed E-state index contributed by atoms with van der Waals surface area (Å²) in [6.45, 7) is 2.54. The van der Waals surface area contributed by atoms with E-state index in [0.29, 0.717) is 13.1 Å². The molecule has 106 valence electrons. The van der Waals surface area contributed by atoms with Gasteiger partial charge in [0.15, 0.2) is 0 Å². The molecule has 0 saturated carbocycles. The fraction of sp³-hybridized carbons (Fsp3) is 0.385. The van der Waals surface area contributed by atoms with E-state index in [2.05, 4.69) is 5.32 Å². The number of rotatable bonds is 6. The summed E-state index contributed by atoms with van der Waals surface area (Å²) in [7, 11) is 1.53. The third kappa shape index (κ3) is 3.23. The minimum atomic E-state index is -0.534. The zero-order valence-electron chi connectivity index (χ0n) is 11.4. The second-order valence-corrected chi connectivity index (χ2v) is 4.00. The van der Waals surface area contributed by atoms with Gasteiger partial charge in [0.1, 0.15) is 5.69 Å². The minimum Gasteiger partial charge on any atom is -0.382 e. The maximum absolute atomic E-state index is 12.4. The average molecular weight is 276 g/mol. The predicted molar refractivity (Wildman–Crippen MR) is 74.5 cm³/mol. The molecule has 0 unspecified atom stereocenters. The van der Waals surface area contributed by atoms with Crippen molar-refractivity contribution in [3.05, 3.63) is 33.9 Å². The van der Waals surface area contributed by atoms with Gasteiger partial charge in [-0.2, -0.15) is 5.26 Å². The van der Waals surface area contributed by atoms with Gasteiger partial charge < -0.3 is 10.2 Å². The largest absolute Gasteiger partial charge is 0.382 e. The number of nitrogens with one attached hydrogen (secondary N) is 1. The van der Waals surface area contributed by atoms with E-state index in [9.17, 15) is 14.9 Å². The van der Waals surface area contributed by atoms with Crippen molar-refractivity contribution >= 4 is 17.3 Å². The SMILES string of the molecule is CCN(CCC#N)C(=O)c1cccc([N+](=O)[O-])c1NC. The number of nitro benzene ring substituents is 1. The van der Waals surface area contributed by atoms with Crippen LogP contribution in [0.2, 0.25) is 0 Å². The van der Waals surface area contributed by atoms with Gasteiger partial charge in [-0.25, -0.2) is 0 Å². The van der Waals surface area contributed by atoms with Crippen molar-refractivity contribution in [2.24, 2.45) is 0 Å². The summed E-state index contributed by atoms with van der Waals surface area (Å²) >= 11 is 0. The quantitative estimate of drug-likeness (QED) is 0.633. The standard InChI is InChI=1S/C13H16N4O3/c1-3-16(9-5-8-14)13(18)10-6-4-7-11(17(19)20)12(10)15-2/h4,6-7,15H,3,5,9H2,1-2H3. The fourth-order valence-corrected chi connectivity index (χ4v) is 1.89. The van der Waals surface area contributed by atoms with Crippen LogP contribution in [-0.2, 0) is 0 Å². The van der Waals surface area contributed by atoms with Gasteiger partial charge in [0.25, 0.3) is 11.6 Å². The van der Waals surface area contributed by atoms with Gasteiger partial charge in [0.2, 0.25) is 0 Å². The zero-order valence-corrected chi connectivity index (χ0v) is 11.4. The van der Waals surface area contributed by atoms with Crippen molar-refractivity contribution in [3.63, 3.8) is 0 Å². The molecular weight excluding hydrogens is 260 g/mol. The van der Waals surface area contributed by atoms with E-state index in [1.165, 1.54) is 30.1 Å². The van der Waals surface area contributed by atoms with E-state index in [0.717, 1.165) is 0 Å². The number of anilines is 1. The summed E-state index contributed by atoms with van der Waals surface area (Å²) in [4.78, 5) is 24.3. The lowest BCUT2D eigenvalue weighted by atomic mass is 10.1. The molecule has 1 rings (SSSR count). The van der Waals surface area contributed by atoms with Crippen LogP contribution in [0.5, 0.6) is 0 Å². The molecule has 0 spiro atoms. The van der Waals surface area contributed by atoms with Crippen molar-refractivity contribution in [2.45, 2.75) is 13.3 Å². The molecule has 20 heavy (non-hydrogen) atoms. The normalized spacial score (nSPS) is 9.65. The van der Waals surface area contributed by atoms with Crippen LogP contribution in [-0.4, -0.2) is 35.9 Å². The van der Waals surface area contributed by atoms with E-state index in [1.54, 1.807) is 6.92 Å². The molecule has 0 aliphatic carbocycles. The number of amides is 1. The van der Waals surface area contributed by atoms with Gasteiger partial charge in [-0.1, -0.05) is 6.07 Å². The minimum absolute atomic E-state index is 0.144. The lowest BCUT2D eigenvalue weighted by Crippen LogP contribution is -2.32. The Hall–Kier alpha value is -2.62. The molecule has 0 saturated heterocycles. The van der Waals surface area contributed by atoms with Gasteiger partial charge >= 0.3 is 0 Å². The lowest BCUT2D eigenvalue weighted by molar-refractivity contribution is -0.384. The number of carbonyl (C=O) groups is 1. The Morgan fingerprint density at radius 2 is 2.25 bits per heavy atom. The maximum Gasteiger partial charge on any atom is 0.293 e. The highest BCUT2D eigenvalue weighted by molar-refractivity contribution is 6.01. The summed E-state index contributed by atoms with van der Waals surface area (Å²) in [5.74, 6) is -0.323. The topological polar surface area (TPSA) is 99.3 Å². The summed E-state index contributed by atoms with van der Waals surface area (Å²) in [6, 6.07) is 6.34. The van der Waals surface area contributed by atoms with Crippen LogP contribution in [0.25, 0.3) is 0 Å². The molecule has 0 fully saturated rings. The molecule has 7 heteroatoms. The Bertz CT molecular complexity index is 551. The molecule has 7 nitrogen and oxygen atoms in total. The maximum atomic E-state index is 12.4. The number of nitrogens with zero attached hydrogens (tertiary/aromatic N) is 3. The summed E-state index contributed by atoms with van der Waals surface area (Å²) in [6.07, 6.45) is 0.226. The molecule has 0 aromatic heterocycles. The predicted octanol–water partition coefficient (Wildman–Crippen LogP) is 2.01. The Balaban J connectivity index is 3.18. The summed E-state index contributed by atoms with van der Waals surface area (Å²) in [5.41, 5.74) is 0.286. The van der Waals surface area contributed by atoms with E-state index in [-0.39, 0.29) is 29.3 Å². The first-order valence-corrected chi connectivity index (χ1v) is 6.18. The molecule has 0 heterocycles. The zero-order chi connectivity index (χ0) is 15.1. The lowest BCUT2D eigenvalue weighted by Gasteiger charge is -2.20. The smallest absolute Gasteiger partial charge is 0.293 e. The van der Waals surface area contributed by atoms with Gasteiger partial charge in [0, 0.05) is 26.2 Å². The fourth-order valence-electron chi connectivity index (χ4n) is 1.89. The van der Waals surface area contributed by atoms with Gasteiger partial charge in [-0.05, 0) is 13.0 Å². The van der Waals surface area contributed by atoms with E-state index < -0.39 is 4.92 Å². The highest BCUT2D eigenvalue weighted by Crippen LogP contribution is 2.28. The van der Waals surface area contributed by atoms with Crippen molar-refractivity contribution in [2.75, 3.05) is 25.5 Å². The van der Waals surface area contributed by atoms with Crippen LogP contribution < -0.4 is 5.32 Å². The molecule has 0 radical (unpaired) electrons. The first-order valence-electron chi connectivity index (χ1n) is 6.18. The molecule has 0 aliphatic heterocycles. The number of hydrogen-bond acceptors (Lipinski definition) is 5. The Kier molecular flexibility index (Phi) is 5.47. The first kappa shape index (κ1) is 15.4. The molecule has 1 N–H and O–H groups in total. The molecule has 1 aromatic carbocycles. The van der Waals surface area contributed by atoms with Crippen molar-refractivity contribution in [1.29, 1.82) is 5.26 Å². The van der Waals surface area contributed by atoms with Crippen LogP contribution in [0, 0.1) is 21.4 Å². The second-order valence-electron chi connectivity index (χ2n) is 4.00. The summed E-state index contributed by atoms with van der Waals surface area (Å²) in [5, 5.41) is 22.3. The summed E-state index contributed by atoms with van der Waals surface area (Å²) < 4.78 is 0. The molecular formula is C13H16N4O3. The van der Waals surface area contributed by atoms with Crippen molar-refractivity contribution < 1.29 is 9.72 Å². The molecule has 1 aromatic rings. The molecule has 0 aliphatic rings. The number of nitro groups is 1. The van der Waals surface area contributed by atoms with Gasteiger partial charge in [-0.15, -0.1) is 0 Å². The third-order valence-corrected chi connectivity index (χ3v) is 2.88. The van der Waals surface area contributed by atoms with Crippen LogP contribution in [0.1, 0.15) is 23.7 Å². The Morgan fingerprint density at radius 1 is 1.55 bits per heavy atom. The molecule has 1 amide bonds. The number of carbonyl (C=O) groups excluding carboxylic acids is 1. The number of nitriles is 1.